The number of nitrogens with zero attached hydrogens (tertiary/aromatic N) is 1. The number of ether oxygens (including phenoxy) is 1. The van der Waals surface area contributed by atoms with E-state index in [1.807, 2.05) is 6.07 Å². The zero-order chi connectivity index (χ0) is 15.9. The molecule has 22 heavy (non-hydrogen) atoms. The number of pyridine rings is 1. The summed E-state index contributed by atoms with van der Waals surface area (Å²) in [4.78, 5) is 16.4. The van der Waals surface area contributed by atoms with Crippen molar-refractivity contribution in [3.05, 3.63) is 48.3 Å². The summed E-state index contributed by atoms with van der Waals surface area (Å²) < 4.78 is 5.09. The molecule has 116 valence electrons. The molecule has 1 atom stereocenters. The quantitative estimate of drug-likeness (QED) is 0.856. The number of carbonyl (C=O) groups excluding carboxylic acids is 1. The number of hydrogen-bond acceptors (Lipinski definition) is 4. The molecule has 2 rings (SSSR count). The average Bonchev–Trinajstić information content (AvgIpc) is 2.55. The third-order valence-electron chi connectivity index (χ3n) is 3.37. The third-order valence-corrected chi connectivity index (χ3v) is 3.37. The standard InChI is InChI=1S/C17H21N3O2/c1-4-12(2)19-14-9-10-18-16(11-14)17(21)20-13-5-7-15(22-3)8-6-13/h5-12H,4H2,1-3H3,(H,18,19)(H,20,21). The second-order valence-corrected chi connectivity index (χ2v) is 5.07. The van der Waals surface area contributed by atoms with E-state index in [-0.39, 0.29) is 5.91 Å². The zero-order valence-corrected chi connectivity index (χ0v) is 13.1. The van der Waals surface area contributed by atoms with Crippen LogP contribution in [0.15, 0.2) is 42.6 Å². The Kier molecular flexibility index (Phi) is 5.36. The van der Waals surface area contributed by atoms with Crippen molar-refractivity contribution in [3.63, 3.8) is 0 Å². The highest BCUT2D eigenvalue weighted by Gasteiger charge is 2.09. The Morgan fingerprint density at radius 2 is 1.95 bits per heavy atom. The minimum absolute atomic E-state index is 0.238. The van der Waals surface area contributed by atoms with E-state index in [0.29, 0.717) is 17.4 Å². The van der Waals surface area contributed by atoms with E-state index in [0.717, 1.165) is 17.9 Å². The van der Waals surface area contributed by atoms with E-state index in [2.05, 4.69) is 29.5 Å². The zero-order valence-electron chi connectivity index (χ0n) is 13.1. The molecule has 0 aliphatic carbocycles. The largest absolute Gasteiger partial charge is 0.497 e. The first-order valence-electron chi connectivity index (χ1n) is 7.30. The van der Waals surface area contributed by atoms with Crippen molar-refractivity contribution in [2.24, 2.45) is 0 Å². The predicted octanol–water partition coefficient (Wildman–Crippen LogP) is 3.55. The fourth-order valence-electron chi connectivity index (χ4n) is 1.90. The minimum atomic E-state index is -0.238. The molecule has 0 aliphatic heterocycles. The van der Waals surface area contributed by atoms with Gasteiger partial charge >= 0.3 is 0 Å². The molecule has 0 fully saturated rings. The number of methoxy groups -OCH3 is 1. The van der Waals surface area contributed by atoms with Crippen LogP contribution in [0.3, 0.4) is 0 Å². The summed E-state index contributed by atoms with van der Waals surface area (Å²) in [5, 5.41) is 6.15. The van der Waals surface area contributed by atoms with Gasteiger partial charge in [0.15, 0.2) is 0 Å². The van der Waals surface area contributed by atoms with Crippen molar-refractivity contribution in [2.75, 3.05) is 17.7 Å². The highest BCUT2D eigenvalue weighted by Crippen LogP contribution is 2.16. The van der Waals surface area contributed by atoms with Crippen LogP contribution in [0.1, 0.15) is 30.8 Å². The molecule has 1 heterocycles. The van der Waals surface area contributed by atoms with Crippen molar-refractivity contribution in [1.82, 2.24) is 4.98 Å². The number of rotatable bonds is 6. The Labute approximate surface area is 130 Å². The van der Waals surface area contributed by atoms with Gasteiger partial charge in [0.1, 0.15) is 11.4 Å². The normalized spacial score (nSPS) is 11.6. The summed E-state index contributed by atoms with van der Waals surface area (Å²) in [6.45, 7) is 4.20. The molecule has 1 unspecified atom stereocenters. The molecular weight excluding hydrogens is 278 g/mol. The van der Waals surface area contributed by atoms with Gasteiger partial charge in [-0.1, -0.05) is 6.92 Å². The van der Waals surface area contributed by atoms with Gasteiger partial charge < -0.3 is 15.4 Å². The molecule has 5 nitrogen and oxygen atoms in total. The predicted molar refractivity (Wildman–Crippen MR) is 88.6 cm³/mol. The van der Waals surface area contributed by atoms with Crippen molar-refractivity contribution in [3.8, 4) is 5.75 Å². The van der Waals surface area contributed by atoms with Crippen molar-refractivity contribution in [2.45, 2.75) is 26.3 Å². The van der Waals surface area contributed by atoms with Crippen LogP contribution in [0.2, 0.25) is 0 Å². The number of carbonyl (C=O) groups is 1. The van der Waals surface area contributed by atoms with Gasteiger partial charge in [-0.15, -0.1) is 0 Å². The van der Waals surface area contributed by atoms with Crippen molar-refractivity contribution >= 4 is 17.3 Å². The van der Waals surface area contributed by atoms with Crippen molar-refractivity contribution < 1.29 is 9.53 Å². The number of nitrogens with one attached hydrogen (secondary N) is 2. The average molecular weight is 299 g/mol. The number of anilines is 2. The van der Waals surface area contributed by atoms with Crippen LogP contribution in [0.25, 0.3) is 0 Å². The summed E-state index contributed by atoms with van der Waals surface area (Å²) in [5.74, 6) is 0.508. The van der Waals surface area contributed by atoms with Crippen LogP contribution >= 0.6 is 0 Å². The molecule has 0 spiro atoms. The van der Waals surface area contributed by atoms with Gasteiger partial charge in [-0.3, -0.25) is 9.78 Å². The van der Waals surface area contributed by atoms with E-state index < -0.39 is 0 Å². The lowest BCUT2D eigenvalue weighted by molar-refractivity contribution is 0.102. The molecule has 1 aromatic heterocycles. The number of aromatic nitrogens is 1. The Hall–Kier alpha value is -2.56. The van der Waals surface area contributed by atoms with Crippen LogP contribution in [-0.4, -0.2) is 24.0 Å². The molecule has 0 bridgehead atoms. The monoisotopic (exact) mass is 299 g/mol. The van der Waals surface area contributed by atoms with Gasteiger partial charge in [-0.2, -0.15) is 0 Å². The molecule has 2 N–H and O–H groups in total. The van der Waals surface area contributed by atoms with Crippen molar-refractivity contribution in [1.29, 1.82) is 0 Å². The molecule has 1 aromatic carbocycles. The maximum absolute atomic E-state index is 12.2. The summed E-state index contributed by atoms with van der Waals surface area (Å²) in [5.41, 5.74) is 1.97. The van der Waals surface area contributed by atoms with Crippen LogP contribution in [0, 0.1) is 0 Å². The molecule has 0 aliphatic rings. The molecule has 2 aromatic rings. The molecule has 0 saturated carbocycles. The molecule has 0 saturated heterocycles. The first-order chi connectivity index (χ1) is 10.6. The second-order valence-electron chi connectivity index (χ2n) is 5.07. The lowest BCUT2D eigenvalue weighted by Gasteiger charge is -2.13. The summed E-state index contributed by atoms with van der Waals surface area (Å²) in [6.07, 6.45) is 2.64. The van der Waals surface area contributed by atoms with E-state index >= 15 is 0 Å². The Morgan fingerprint density at radius 3 is 2.59 bits per heavy atom. The molecule has 1 amide bonds. The van der Waals surface area contributed by atoms with E-state index in [9.17, 15) is 4.79 Å². The van der Waals surface area contributed by atoms with Gasteiger partial charge in [0.25, 0.3) is 5.91 Å². The number of hydrogen-bond donors (Lipinski definition) is 2. The Balaban J connectivity index is 2.06. The molecule has 0 radical (unpaired) electrons. The van der Waals surface area contributed by atoms with Crippen LogP contribution in [-0.2, 0) is 0 Å². The van der Waals surface area contributed by atoms with Crippen LogP contribution in [0.5, 0.6) is 5.75 Å². The lowest BCUT2D eigenvalue weighted by Crippen LogP contribution is -2.16. The van der Waals surface area contributed by atoms with Gasteiger partial charge in [-0.05, 0) is 49.7 Å². The minimum Gasteiger partial charge on any atom is -0.497 e. The summed E-state index contributed by atoms with van der Waals surface area (Å²) in [7, 11) is 1.60. The topological polar surface area (TPSA) is 63.2 Å². The molecule has 5 heteroatoms. The summed E-state index contributed by atoms with van der Waals surface area (Å²) >= 11 is 0. The van der Waals surface area contributed by atoms with Crippen LogP contribution < -0.4 is 15.4 Å². The fourth-order valence-corrected chi connectivity index (χ4v) is 1.90. The molecular formula is C17H21N3O2. The Morgan fingerprint density at radius 1 is 1.23 bits per heavy atom. The van der Waals surface area contributed by atoms with Crippen LogP contribution in [0.4, 0.5) is 11.4 Å². The smallest absolute Gasteiger partial charge is 0.274 e. The first kappa shape index (κ1) is 15.8. The van der Waals surface area contributed by atoms with E-state index in [1.54, 1.807) is 43.6 Å². The second kappa shape index (κ2) is 7.45. The maximum Gasteiger partial charge on any atom is 0.274 e. The van der Waals surface area contributed by atoms with Gasteiger partial charge in [-0.25, -0.2) is 0 Å². The van der Waals surface area contributed by atoms with E-state index in [1.165, 1.54) is 0 Å². The highest BCUT2D eigenvalue weighted by atomic mass is 16.5. The van der Waals surface area contributed by atoms with Gasteiger partial charge in [0, 0.05) is 23.6 Å². The Bertz CT molecular complexity index is 626. The maximum atomic E-state index is 12.2. The summed E-state index contributed by atoms with van der Waals surface area (Å²) in [6, 6.07) is 11.1. The highest BCUT2D eigenvalue weighted by molar-refractivity contribution is 6.03. The van der Waals surface area contributed by atoms with E-state index in [4.69, 9.17) is 4.74 Å². The number of benzene rings is 1. The third kappa shape index (κ3) is 4.22. The van der Waals surface area contributed by atoms with Gasteiger partial charge in [0.05, 0.1) is 7.11 Å². The fraction of sp³-hybridized carbons (Fsp3) is 0.294. The number of amides is 1. The lowest BCUT2D eigenvalue weighted by atomic mass is 10.2. The van der Waals surface area contributed by atoms with Gasteiger partial charge in [0.2, 0.25) is 0 Å². The SMILES string of the molecule is CCC(C)Nc1ccnc(C(=O)Nc2ccc(OC)cc2)c1. The first-order valence-corrected chi connectivity index (χ1v) is 7.30.